The predicted octanol–water partition coefficient (Wildman–Crippen LogP) is 4.89. The lowest BCUT2D eigenvalue weighted by atomic mass is 9.88. The van der Waals surface area contributed by atoms with Gasteiger partial charge in [0.1, 0.15) is 0 Å². The Hall–Kier alpha value is -2.31. The number of hydrogen-bond acceptors (Lipinski definition) is 4. The summed E-state index contributed by atoms with van der Waals surface area (Å²) in [5, 5.41) is 7.01. The second-order valence-corrected chi connectivity index (χ2v) is 8.74. The van der Waals surface area contributed by atoms with Gasteiger partial charge in [-0.25, -0.2) is 9.38 Å². The van der Waals surface area contributed by atoms with E-state index in [1.807, 2.05) is 0 Å². The lowest BCUT2D eigenvalue weighted by Crippen LogP contribution is -2.23. The third-order valence-electron chi connectivity index (χ3n) is 6.13. The Morgan fingerprint density at radius 1 is 1.28 bits per heavy atom. The number of fused-ring (bicyclic) bond motifs is 3. The summed E-state index contributed by atoms with van der Waals surface area (Å²) in [5.74, 6) is 1.70. The molecule has 0 aliphatic heterocycles. The molecule has 2 fully saturated rings. The van der Waals surface area contributed by atoms with Crippen molar-refractivity contribution in [3.8, 4) is 0 Å². The standard InChI is InChI=1S/C22H33FN6/c1-14(2)11-17-20(28-29-22(17)25-3)13-26-12-18(23)21(24)27-19-10-8-15-5-4-6-16(19)9-7-15/h12-16,19H,3-11H2,1-2H3,(H2,24,27)(H,28,29). The van der Waals surface area contributed by atoms with E-state index in [0.29, 0.717) is 23.3 Å². The first kappa shape index (κ1) is 21.4. The molecule has 29 heavy (non-hydrogen) atoms. The molecular weight excluding hydrogens is 367 g/mol. The van der Waals surface area contributed by atoms with Gasteiger partial charge in [-0.1, -0.05) is 33.1 Å². The molecule has 3 rings (SSSR count). The maximum Gasteiger partial charge on any atom is 0.182 e. The van der Waals surface area contributed by atoms with Gasteiger partial charge in [0.05, 0.1) is 24.2 Å². The fourth-order valence-corrected chi connectivity index (χ4v) is 4.59. The number of nitrogens with one attached hydrogen (secondary N) is 1. The van der Waals surface area contributed by atoms with Crippen LogP contribution in [-0.4, -0.2) is 35.0 Å². The quantitative estimate of drug-likeness (QED) is 0.504. The molecule has 1 heterocycles. The molecule has 0 aromatic carbocycles. The smallest absolute Gasteiger partial charge is 0.182 e. The normalized spacial score (nSPS) is 26.1. The maximum absolute atomic E-state index is 14.5. The molecule has 2 aliphatic rings. The van der Waals surface area contributed by atoms with Crippen LogP contribution in [0, 0.1) is 17.8 Å². The van der Waals surface area contributed by atoms with Crippen LogP contribution in [0.3, 0.4) is 0 Å². The van der Waals surface area contributed by atoms with Gasteiger partial charge < -0.3 is 5.73 Å². The van der Waals surface area contributed by atoms with Crippen LogP contribution in [0.2, 0.25) is 0 Å². The first-order chi connectivity index (χ1) is 14.0. The van der Waals surface area contributed by atoms with E-state index in [0.717, 1.165) is 30.5 Å². The molecule has 3 N–H and O–H groups in total. The molecule has 158 valence electrons. The second-order valence-electron chi connectivity index (χ2n) is 8.74. The molecule has 6 nitrogen and oxygen atoms in total. The monoisotopic (exact) mass is 400 g/mol. The van der Waals surface area contributed by atoms with Gasteiger partial charge in [0, 0.05) is 5.56 Å². The molecule has 0 radical (unpaired) electrons. The summed E-state index contributed by atoms with van der Waals surface area (Å²) >= 11 is 0. The zero-order chi connectivity index (χ0) is 20.8. The summed E-state index contributed by atoms with van der Waals surface area (Å²) in [7, 11) is 0. The Morgan fingerprint density at radius 3 is 2.83 bits per heavy atom. The van der Waals surface area contributed by atoms with Crippen molar-refractivity contribution in [2.75, 3.05) is 0 Å². The number of aliphatic imine (C=N–C) groups is 3. The summed E-state index contributed by atoms with van der Waals surface area (Å²) in [6.45, 7) is 7.77. The Kier molecular flexibility index (Phi) is 7.34. The van der Waals surface area contributed by atoms with Crippen molar-refractivity contribution in [1.82, 2.24) is 10.2 Å². The van der Waals surface area contributed by atoms with Crippen LogP contribution >= 0.6 is 0 Å². The number of hydrogen-bond donors (Lipinski definition) is 2. The minimum atomic E-state index is -0.593. The average Bonchev–Trinajstić information content (AvgIpc) is 2.85. The van der Waals surface area contributed by atoms with Crippen LogP contribution in [0.1, 0.15) is 70.1 Å². The number of H-pyrrole nitrogens is 1. The first-order valence-corrected chi connectivity index (χ1v) is 10.7. The van der Waals surface area contributed by atoms with Crippen molar-refractivity contribution in [3.63, 3.8) is 0 Å². The van der Waals surface area contributed by atoms with E-state index in [2.05, 4.69) is 45.7 Å². The molecule has 3 atom stereocenters. The Balaban J connectivity index is 1.70. The van der Waals surface area contributed by atoms with Crippen molar-refractivity contribution < 1.29 is 4.39 Å². The molecule has 2 bridgehead atoms. The molecular formula is C22H33FN6. The van der Waals surface area contributed by atoms with E-state index in [1.165, 1.54) is 38.5 Å². The topological polar surface area (TPSA) is 91.8 Å². The molecule has 0 saturated heterocycles. The summed E-state index contributed by atoms with van der Waals surface area (Å²) in [4.78, 5) is 12.6. The lowest BCUT2D eigenvalue weighted by molar-refractivity contribution is 0.350. The largest absolute Gasteiger partial charge is 0.381 e. The third kappa shape index (κ3) is 5.61. The Bertz CT molecular complexity index is 791. The molecule has 7 heteroatoms. The minimum Gasteiger partial charge on any atom is -0.381 e. The zero-order valence-electron chi connectivity index (χ0n) is 17.6. The molecule has 0 spiro atoms. The molecule has 2 aliphatic carbocycles. The summed E-state index contributed by atoms with van der Waals surface area (Å²) in [6.07, 6.45) is 11.9. The Morgan fingerprint density at radius 2 is 2.07 bits per heavy atom. The SMILES string of the molecule is C=Nc1n[nH]c(C=NC=C(F)C(N)=NC2CCC3CCCC2CC3)c1CC(C)C. The number of amidine groups is 1. The van der Waals surface area contributed by atoms with Gasteiger partial charge in [-0.3, -0.25) is 15.1 Å². The molecule has 1 aromatic heterocycles. The van der Waals surface area contributed by atoms with Crippen LogP contribution in [0.15, 0.2) is 27.0 Å². The summed E-state index contributed by atoms with van der Waals surface area (Å²) in [5.41, 5.74) is 7.60. The molecule has 2 saturated carbocycles. The predicted molar refractivity (Wildman–Crippen MR) is 118 cm³/mol. The van der Waals surface area contributed by atoms with Crippen LogP contribution in [0.25, 0.3) is 0 Å². The van der Waals surface area contributed by atoms with Gasteiger partial charge in [-0.2, -0.15) is 5.10 Å². The second kappa shape index (κ2) is 9.94. The minimum absolute atomic E-state index is 0.0448. The number of aromatic nitrogens is 2. The van der Waals surface area contributed by atoms with Gasteiger partial charge in [0.2, 0.25) is 0 Å². The fraction of sp³-hybridized carbons (Fsp3) is 0.636. The highest BCUT2D eigenvalue weighted by Gasteiger charge is 2.30. The summed E-state index contributed by atoms with van der Waals surface area (Å²) in [6, 6.07) is 0.134. The fourth-order valence-electron chi connectivity index (χ4n) is 4.59. The summed E-state index contributed by atoms with van der Waals surface area (Å²) < 4.78 is 14.5. The van der Waals surface area contributed by atoms with E-state index in [9.17, 15) is 4.39 Å². The highest BCUT2D eigenvalue weighted by Crippen LogP contribution is 2.38. The van der Waals surface area contributed by atoms with Gasteiger partial charge in [-0.15, -0.1) is 0 Å². The first-order valence-electron chi connectivity index (χ1n) is 10.7. The van der Waals surface area contributed by atoms with Crippen LogP contribution < -0.4 is 5.73 Å². The van der Waals surface area contributed by atoms with E-state index in [4.69, 9.17) is 5.73 Å². The van der Waals surface area contributed by atoms with Gasteiger partial charge in [-0.05, 0) is 56.6 Å². The third-order valence-corrected chi connectivity index (χ3v) is 6.13. The van der Waals surface area contributed by atoms with Crippen molar-refractivity contribution in [2.24, 2.45) is 38.5 Å². The van der Waals surface area contributed by atoms with Crippen molar-refractivity contribution in [3.05, 3.63) is 23.3 Å². The highest BCUT2D eigenvalue weighted by molar-refractivity contribution is 5.95. The maximum atomic E-state index is 14.5. The van der Waals surface area contributed by atoms with Crippen molar-refractivity contribution >= 4 is 24.6 Å². The lowest BCUT2D eigenvalue weighted by Gasteiger charge is -2.23. The van der Waals surface area contributed by atoms with E-state index in [-0.39, 0.29) is 11.9 Å². The average molecular weight is 401 g/mol. The number of halogens is 1. The van der Waals surface area contributed by atoms with Gasteiger partial charge in [0.15, 0.2) is 17.5 Å². The zero-order valence-corrected chi connectivity index (χ0v) is 17.6. The highest BCUT2D eigenvalue weighted by atomic mass is 19.1. The van der Waals surface area contributed by atoms with Crippen LogP contribution in [-0.2, 0) is 6.42 Å². The number of nitrogens with zero attached hydrogens (tertiary/aromatic N) is 4. The van der Waals surface area contributed by atoms with Crippen molar-refractivity contribution in [1.29, 1.82) is 0 Å². The Labute approximate surface area is 172 Å². The van der Waals surface area contributed by atoms with Gasteiger partial charge >= 0.3 is 0 Å². The van der Waals surface area contributed by atoms with Crippen molar-refractivity contribution in [2.45, 2.75) is 71.3 Å². The number of nitrogens with two attached hydrogens (primary N) is 1. The molecule has 3 unspecified atom stereocenters. The van der Waals surface area contributed by atoms with E-state index in [1.54, 1.807) is 6.21 Å². The number of rotatable bonds is 7. The molecule has 1 aromatic rings. The van der Waals surface area contributed by atoms with Crippen LogP contribution in [0.5, 0.6) is 0 Å². The van der Waals surface area contributed by atoms with Crippen LogP contribution in [0.4, 0.5) is 10.2 Å². The van der Waals surface area contributed by atoms with E-state index < -0.39 is 5.83 Å². The van der Waals surface area contributed by atoms with E-state index >= 15 is 0 Å². The molecule has 0 amide bonds. The number of aromatic amines is 1. The van der Waals surface area contributed by atoms with Gasteiger partial charge in [0.25, 0.3) is 0 Å².